The number of hydrogen-bond donors (Lipinski definition) is 1. The molecule has 160 valence electrons. The van der Waals surface area contributed by atoms with E-state index in [1.807, 2.05) is 11.0 Å². The summed E-state index contributed by atoms with van der Waals surface area (Å²) in [6.07, 6.45) is 1.03. The maximum Gasteiger partial charge on any atom is 0.255 e. The molecule has 5 rings (SSSR count). The van der Waals surface area contributed by atoms with Crippen molar-refractivity contribution in [2.45, 2.75) is 39.4 Å². The molecule has 5 nitrogen and oxygen atoms in total. The monoisotopic (exact) mass is 435 g/mol. The van der Waals surface area contributed by atoms with E-state index < -0.39 is 0 Å². The van der Waals surface area contributed by atoms with Gasteiger partial charge in [0.1, 0.15) is 5.82 Å². The number of nitrogens with zero attached hydrogens (tertiary/aromatic N) is 2. The van der Waals surface area contributed by atoms with Crippen molar-refractivity contribution in [2.24, 2.45) is 5.92 Å². The van der Waals surface area contributed by atoms with Crippen LogP contribution in [0.2, 0.25) is 5.02 Å². The second-order valence-corrected chi connectivity index (χ2v) is 9.10. The highest BCUT2D eigenvalue weighted by Crippen LogP contribution is 2.38. The third-order valence-corrected chi connectivity index (χ3v) is 7.12. The van der Waals surface area contributed by atoms with Crippen molar-refractivity contribution in [2.75, 3.05) is 18.8 Å². The van der Waals surface area contributed by atoms with Gasteiger partial charge in [-0.25, -0.2) is 4.98 Å². The number of pyridine rings is 1. The SMILES string of the molecule is CC[C@H]1CN(C(=O)c2cc3c4c(c(N)nc3cc2Cl)COC4)C[C@@H]1c1ccc(C)cc1. The van der Waals surface area contributed by atoms with E-state index in [0.29, 0.717) is 53.5 Å². The van der Waals surface area contributed by atoms with Crippen LogP contribution in [0.25, 0.3) is 10.9 Å². The van der Waals surface area contributed by atoms with Crippen molar-refractivity contribution in [3.05, 3.63) is 69.2 Å². The van der Waals surface area contributed by atoms with Crippen LogP contribution in [0.15, 0.2) is 36.4 Å². The van der Waals surface area contributed by atoms with Gasteiger partial charge in [-0.2, -0.15) is 0 Å². The van der Waals surface area contributed by atoms with E-state index in [-0.39, 0.29) is 5.91 Å². The molecule has 2 aliphatic heterocycles. The van der Waals surface area contributed by atoms with Crippen molar-refractivity contribution in [3.63, 3.8) is 0 Å². The quantitative estimate of drug-likeness (QED) is 0.623. The number of aromatic nitrogens is 1. The van der Waals surface area contributed by atoms with E-state index in [0.717, 1.165) is 29.5 Å². The Morgan fingerprint density at radius 2 is 1.94 bits per heavy atom. The number of carbonyl (C=O) groups excluding carboxylic acids is 1. The number of anilines is 1. The summed E-state index contributed by atoms with van der Waals surface area (Å²) in [6, 6.07) is 12.3. The Morgan fingerprint density at radius 3 is 2.68 bits per heavy atom. The predicted octanol–water partition coefficient (Wildman–Crippen LogP) is 5.07. The Morgan fingerprint density at radius 1 is 1.19 bits per heavy atom. The second kappa shape index (κ2) is 7.81. The number of nitrogen functional groups attached to an aromatic ring is 1. The highest BCUT2D eigenvalue weighted by Gasteiger charge is 2.36. The van der Waals surface area contributed by atoms with E-state index in [9.17, 15) is 4.79 Å². The average molecular weight is 436 g/mol. The smallest absolute Gasteiger partial charge is 0.255 e. The summed E-state index contributed by atoms with van der Waals surface area (Å²) in [4.78, 5) is 20.0. The summed E-state index contributed by atoms with van der Waals surface area (Å²) in [5, 5.41) is 1.31. The third-order valence-electron chi connectivity index (χ3n) is 6.81. The molecule has 1 fully saturated rings. The summed E-state index contributed by atoms with van der Waals surface area (Å²) < 4.78 is 5.59. The topological polar surface area (TPSA) is 68.5 Å². The molecule has 0 bridgehead atoms. The lowest BCUT2D eigenvalue weighted by Crippen LogP contribution is -2.29. The van der Waals surface area contributed by atoms with Crippen molar-refractivity contribution in [1.82, 2.24) is 9.88 Å². The highest BCUT2D eigenvalue weighted by molar-refractivity contribution is 6.34. The summed E-state index contributed by atoms with van der Waals surface area (Å²) in [6.45, 7) is 6.67. The second-order valence-electron chi connectivity index (χ2n) is 8.69. The number of nitrogens with two attached hydrogens (primary N) is 1. The Balaban J connectivity index is 1.49. The maximum atomic E-state index is 13.5. The van der Waals surface area contributed by atoms with E-state index in [2.05, 4.69) is 43.1 Å². The number of ether oxygens (including phenoxy) is 1. The zero-order valence-corrected chi connectivity index (χ0v) is 18.6. The molecule has 1 amide bonds. The summed E-state index contributed by atoms with van der Waals surface area (Å²) in [5.41, 5.74) is 11.8. The molecule has 0 unspecified atom stereocenters. The number of rotatable bonds is 3. The van der Waals surface area contributed by atoms with Gasteiger partial charge in [0.05, 0.1) is 29.3 Å². The molecule has 2 aliphatic rings. The lowest BCUT2D eigenvalue weighted by atomic mass is 9.87. The standard InChI is InChI=1S/C25H26ClN3O2/c1-3-15-10-29(11-19(15)16-6-4-14(2)5-7-16)25(30)18-8-17-20-12-31-13-21(20)24(27)28-23(17)9-22(18)26/h4-9,15,19H,3,10-13H2,1-2H3,(H2,27,28)/t15-,19-/m0/s1. The molecular weight excluding hydrogens is 410 g/mol. The minimum Gasteiger partial charge on any atom is -0.383 e. The van der Waals surface area contributed by atoms with Crippen molar-refractivity contribution in [3.8, 4) is 0 Å². The minimum absolute atomic E-state index is 0.0237. The van der Waals surface area contributed by atoms with Crippen LogP contribution in [-0.2, 0) is 18.0 Å². The number of carbonyl (C=O) groups is 1. The fourth-order valence-corrected chi connectivity index (χ4v) is 5.21. The number of hydrogen-bond acceptors (Lipinski definition) is 4. The molecule has 2 atom stereocenters. The van der Waals surface area contributed by atoms with Crippen LogP contribution >= 0.6 is 11.6 Å². The van der Waals surface area contributed by atoms with Gasteiger partial charge < -0.3 is 15.4 Å². The Labute approximate surface area is 187 Å². The molecule has 0 saturated carbocycles. The number of aryl methyl sites for hydroxylation is 1. The predicted molar refractivity (Wildman–Crippen MR) is 123 cm³/mol. The molecule has 2 aromatic carbocycles. The van der Waals surface area contributed by atoms with Gasteiger partial charge in [-0.05, 0) is 36.1 Å². The van der Waals surface area contributed by atoms with Gasteiger partial charge in [-0.1, -0.05) is 54.8 Å². The van der Waals surface area contributed by atoms with Gasteiger partial charge in [0.25, 0.3) is 5.91 Å². The largest absolute Gasteiger partial charge is 0.383 e. The summed E-state index contributed by atoms with van der Waals surface area (Å²) >= 11 is 6.56. The van der Waals surface area contributed by atoms with Crippen LogP contribution in [-0.4, -0.2) is 28.9 Å². The van der Waals surface area contributed by atoms with Gasteiger partial charge in [0.2, 0.25) is 0 Å². The summed E-state index contributed by atoms with van der Waals surface area (Å²) in [5.74, 6) is 1.23. The fraction of sp³-hybridized carbons (Fsp3) is 0.360. The first-order valence-electron chi connectivity index (χ1n) is 10.8. The third kappa shape index (κ3) is 3.46. The van der Waals surface area contributed by atoms with Gasteiger partial charge in [-0.15, -0.1) is 0 Å². The van der Waals surface area contributed by atoms with Crippen LogP contribution in [0.3, 0.4) is 0 Å². The van der Waals surface area contributed by atoms with E-state index in [1.54, 1.807) is 6.07 Å². The molecule has 0 aliphatic carbocycles. The maximum absolute atomic E-state index is 13.5. The van der Waals surface area contributed by atoms with Crippen LogP contribution < -0.4 is 5.73 Å². The number of halogens is 1. The average Bonchev–Trinajstić information content (AvgIpc) is 3.41. The fourth-order valence-electron chi connectivity index (χ4n) is 4.97. The highest BCUT2D eigenvalue weighted by atomic mass is 35.5. The number of fused-ring (bicyclic) bond motifs is 3. The van der Waals surface area contributed by atoms with Crippen molar-refractivity contribution >= 4 is 34.2 Å². The van der Waals surface area contributed by atoms with E-state index >= 15 is 0 Å². The van der Waals surface area contributed by atoms with E-state index in [1.165, 1.54) is 11.1 Å². The zero-order chi connectivity index (χ0) is 21.7. The lowest BCUT2D eigenvalue weighted by Gasteiger charge is -2.18. The van der Waals surface area contributed by atoms with E-state index in [4.69, 9.17) is 22.1 Å². The summed E-state index contributed by atoms with van der Waals surface area (Å²) in [7, 11) is 0. The minimum atomic E-state index is -0.0237. The first-order valence-corrected chi connectivity index (χ1v) is 11.2. The number of amides is 1. The lowest BCUT2D eigenvalue weighted by molar-refractivity contribution is 0.0786. The first kappa shape index (κ1) is 20.3. The Bertz CT molecular complexity index is 1180. The van der Waals surface area contributed by atoms with Gasteiger partial charge in [-0.3, -0.25) is 4.79 Å². The van der Waals surface area contributed by atoms with Crippen LogP contribution in [0.4, 0.5) is 5.82 Å². The van der Waals surface area contributed by atoms with Crippen LogP contribution in [0.1, 0.15) is 51.9 Å². The molecule has 31 heavy (non-hydrogen) atoms. The molecule has 3 aromatic rings. The van der Waals surface area contributed by atoms with Gasteiger partial charge >= 0.3 is 0 Å². The van der Waals surface area contributed by atoms with Crippen LogP contribution in [0, 0.1) is 12.8 Å². The number of likely N-dealkylation sites (tertiary alicyclic amines) is 1. The molecule has 6 heteroatoms. The molecule has 1 saturated heterocycles. The van der Waals surface area contributed by atoms with Crippen LogP contribution in [0.5, 0.6) is 0 Å². The molecule has 2 N–H and O–H groups in total. The number of benzene rings is 2. The van der Waals surface area contributed by atoms with Gasteiger partial charge in [0, 0.05) is 30.0 Å². The molecule has 3 heterocycles. The molecular formula is C25H26ClN3O2. The van der Waals surface area contributed by atoms with Gasteiger partial charge in [0.15, 0.2) is 0 Å². The Kier molecular flexibility index (Phi) is 5.11. The van der Waals surface area contributed by atoms with Crippen molar-refractivity contribution < 1.29 is 9.53 Å². The molecule has 1 aromatic heterocycles. The van der Waals surface area contributed by atoms with Crippen molar-refractivity contribution in [1.29, 1.82) is 0 Å². The Hall–Kier alpha value is -2.63. The molecule has 0 radical (unpaired) electrons. The molecule has 0 spiro atoms. The normalized spacial score (nSPS) is 20.4. The zero-order valence-electron chi connectivity index (χ0n) is 17.8. The first-order chi connectivity index (χ1) is 15.0.